The van der Waals surface area contributed by atoms with E-state index < -0.39 is 34.1 Å². The molecule has 3 rings (SSSR count). The first-order chi connectivity index (χ1) is 19.8. The molecular formula is C32H42F5NO3S. The number of hydrogen-bond donors (Lipinski definition) is 1. The predicted molar refractivity (Wildman–Crippen MR) is 158 cm³/mol. The van der Waals surface area contributed by atoms with E-state index >= 15 is 0 Å². The summed E-state index contributed by atoms with van der Waals surface area (Å²) in [5.41, 5.74) is 4.95. The largest absolute Gasteiger partial charge is 0.508 e. The monoisotopic (exact) mass is 615 g/mol. The fourth-order valence-electron chi connectivity index (χ4n) is 5.59. The van der Waals surface area contributed by atoms with Crippen molar-refractivity contribution in [2.24, 2.45) is 0 Å². The van der Waals surface area contributed by atoms with Crippen molar-refractivity contribution in [1.82, 2.24) is 4.90 Å². The van der Waals surface area contributed by atoms with Crippen LogP contribution in [0.2, 0.25) is 0 Å². The number of phenolic OH excluding ortho intramolecular Hbond substituents is 1. The molecule has 0 saturated carbocycles. The molecule has 234 valence electrons. The number of alkyl halides is 3. The Hall–Kier alpha value is -2.46. The Morgan fingerprint density at radius 1 is 0.833 bits per heavy atom. The third-order valence-electron chi connectivity index (χ3n) is 7.80. The minimum absolute atomic E-state index is 0.0159. The molecule has 0 radical (unpaired) electrons. The van der Waals surface area contributed by atoms with Gasteiger partial charge in [0.1, 0.15) is 15.6 Å². The fourth-order valence-corrected chi connectivity index (χ4v) is 7.01. The van der Waals surface area contributed by atoms with Crippen molar-refractivity contribution in [3.63, 3.8) is 0 Å². The number of phenols is 1. The van der Waals surface area contributed by atoms with Crippen LogP contribution in [0, 0.1) is 11.6 Å². The highest BCUT2D eigenvalue weighted by Crippen LogP contribution is 2.40. The first-order valence-electron chi connectivity index (χ1n) is 14.8. The van der Waals surface area contributed by atoms with Crippen LogP contribution < -0.4 is 0 Å². The molecule has 0 fully saturated rings. The zero-order valence-electron chi connectivity index (χ0n) is 24.3. The average molecular weight is 616 g/mol. The molecule has 2 aromatic carbocycles. The van der Waals surface area contributed by atoms with E-state index in [0.717, 1.165) is 80.2 Å². The molecule has 0 unspecified atom stereocenters. The summed E-state index contributed by atoms with van der Waals surface area (Å²) < 4.78 is 88.6. The molecule has 0 bridgehead atoms. The lowest BCUT2D eigenvalue weighted by Gasteiger charge is -2.18. The summed E-state index contributed by atoms with van der Waals surface area (Å²) in [7, 11) is -1.41. The van der Waals surface area contributed by atoms with Crippen LogP contribution in [0.5, 0.6) is 5.75 Å². The first kappa shape index (κ1) is 34.0. The first-order valence-corrected chi connectivity index (χ1v) is 16.6. The quantitative estimate of drug-likeness (QED) is 0.152. The highest BCUT2D eigenvalue weighted by atomic mass is 32.2. The highest BCUT2D eigenvalue weighted by molar-refractivity contribution is 7.91. The standard InChI is InChI=1S/C32H42F5NO3S/c1-38(19-9-21-42(40,41)20-7-5-17-32(35,36)37)18-6-3-2-4-11-29-27(25-13-16-30(33)31(34)23-25)12-8-10-24-22-26(39)14-15-28(24)29/h13-16,22-23,39H,2-12,17-21H2,1H3. The Balaban J connectivity index is 1.46. The smallest absolute Gasteiger partial charge is 0.389 e. The van der Waals surface area contributed by atoms with E-state index in [1.807, 2.05) is 13.1 Å². The fraction of sp³-hybridized carbons (Fsp3) is 0.562. The second kappa shape index (κ2) is 15.8. The highest BCUT2D eigenvalue weighted by Gasteiger charge is 2.26. The summed E-state index contributed by atoms with van der Waals surface area (Å²) >= 11 is 0. The molecule has 0 aromatic heterocycles. The van der Waals surface area contributed by atoms with Gasteiger partial charge in [0.25, 0.3) is 0 Å². The van der Waals surface area contributed by atoms with Gasteiger partial charge in [-0.2, -0.15) is 13.2 Å². The molecule has 0 saturated heterocycles. The molecule has 1 aliphatic carbocycles. The Morgan fingerprint density at radius 3 is 2.29 bits per heavy atom. The molecule has 2 aromatic rings. The molecule has 0 aliphatic heterocycles. The maximum Gasteiger partial charge on any atom is 0.389 e. The zero-order valence-corrected chi connectivity index (χ0v) is 25.1. The molecule has 10 heteroatoms. The topological polar surface area (TPSA) is 57.6 Å². The van der Waals surface area contributed by atoms with Crippen LogP contribution in [0.4, 0.5) is 22.0 Å². The average Bonchev–Trinajstić information content (AvgIpc) is 3.08. The third kappa shape index (κ3) is 11.3. The summed E-state index contributed by atoms with van der Waals surface area (Å²) in [6, 6.07) is 9.45. The maximum absolute atomic E-state index is 14.1. The number of aryl methyl sites for hydroxylation is 1. The summed E-state index contributed by atoms with van der Waals surface area (Å²) in [6.07, 6.45) is 2.11. The number of aromatic hydroxyl groups is 1. The zero-order chi connectivity index (χ0) is 30.8. The Kier molecular flexibility index (Phi) is 12.8. The molecule has 0 amide bonds. The van der Waals surface area contributed by atoms with Crippen molar-refractivity contribution in [1.29, 1.82) is 0 Å². The maximum atomic E-state index is 14.1. The number of sulfone groups is 1. The Morgan fingerprint density at radius 2 is 1.55 bits per heavy atom. The summed E-state index contributed by atoms with van der Waals surface area (Å²) in [6.45, 7) is 1.42. The van der Waals surface area contributed by atoms with Crippen LogP contribution in [0.1, 0.15) is 87.3 Å². The molecular weight excluding hydrogens is 573 g/mol. The van der Waals surface area contributed by atoms with Gasteiger partial charge in [-0.1, -0.05) is 25.0 Å². The lowest BCUT2D eigenvalue weighted by Crippen LogP contribution is -2.23. The number of unbranched alkanes of at least 4 members (excludes halogenated alkanes) is 4. The number of allylic oxidation sites excluding steroid dienone is 2. The molecule has 0 atom stereocenters. The van der Waals surface area contributed by atoms with Crippen molar-refractivity contribution in [3.8, 4) is 5.75 Å². The molecule has 0 spiro atoms. The molecule has 1 aliphatic rings. The SMILES string of the molecule is CN(CCCCCCC1=C(c2ccc(F)c(F)c2)CCCc2cc(O)ccc21)CCCS(=O)(=O)CCCCC(F)(F)F. The van der Waals surface area contributed by atoms with Crippen LogP contribution in [-0.2, 0) is 16.3 Å². The van der Waals surface area contributed by atoms with Gasteiger partial charge in [-0.25, -0.2) is 17.2 Å². The van der Waals surface area contributed by atoms with Gasteiger partial charge in [-0.05, 0) is 130 Å². The second-order valence-corrected chi connectivity index (χ2v) is 13.6. The lowest BCUT2D eigenvalue weighted by molar-refractivity contribution is -0.135. The van der Waals surface area contributed by atoms with Gasteiger partial charge in [0.2, 0.25) is 0 Å². The van der Waals surface area contributed by atoms with Crippen LogP contribution >= 0.6 is 0 Å². The molecule has 1 N–H and O–H groups in total. The minimum atomic E-state index is -4.25. The van der Waals surface area contributed by atoms with Crippen molar-refractivity contribution >= 4 is 21.0 Å². The number of rotatable bonds is 16. The van der Waals surface area contributed by atoms with E-state index in [9.17, 15) is 35.5 Å². The Labute approximate surface area is 246 Å². The van der Waals surface area contributed by atoms with Gasteiger partial charge in [0.05, 0.1) is 11.5 Å². The normalized spacial score (nSPS) is 14.4. The van der Waals surface area contributed by atoms with E-state index in [1.54, 1.807) is 18.2 Å². The Bertz CT molecular complexity index is 1310. The molecule has 4 nitrogen and oxygen atoms in total. The van der Waals surface area contributed by atoms with Crippen LogP contribution in [-0.4, -0.2) is 56.2 Å². The minimum Gasteiger partial charge on any atom is -0.508 e. The van der Waals surface area contributed by atoms with Crippen molar-refractivity contribution < 1.29 is 35.5 Å². The van der Waals surface area contributed by atoms with Crippen LogP contribution in [0.25, 0.3) is 11.1 Å². The van der Waals surface area contributed by atoms with Crippen molar-refractivity contribution in [3.05, 3.63) is 64.7 Å². The van der Waals surface area contributed by atoms with Crippen LogP contribution in [0.15, 0.2) is 36.4 Å². The van der Waals surface area contributed by atoms with Gasteiger partial charge < -0.3 is 10.0 Å². The van der Waals surface area contributed by atoms with Crippen molar-refractivity contribution in [2.75, 3.05) is 31.6 Å². The summed E-state index contributed by atoms with van der Waals surface area (Å²) in [5, 5.41) is 10.0. The summed E-state index contributed by atoms with van der Waals surface area (Å²) in [4.78, 5) is 2.08. The van der Waals surface area contributed by atoms with Gasteiger partial charge in [0, 0.05) is 6.42 Å². The number of hydrogen-bond acceptors (Lipinski definition) is 4. The third-order valence-corrected chi connectivity index (χ3v) is 9.62. The number of benzene rings is 2. The van der Waals surface area contributed by atoms with E-state index in [4.69, 9.17) is 0 Å². The summed E-state index contributed by atoms with van der Waals surface area (Å²) in [5.74, 6) is -1.74. The van der Waals surface area contributed by atoms with E-state index in [0.29, 0.717) is 18.5 Å². The molecule has 0 heterocycles. The van der Waals surface area contributed by atoms with Crippen LogP contribution in [0.3, 0.4) is 0 Å². The van der Waals surface area contributed by atoms with E-state index in [2.05, 4.69) is 4.90 Å². The number of halogens is 5. The lowest BCUT2D eigenvalue weighted by atomic mass is 9.89. The van der Waals surface area contributed by atoms with E-state index in [-0.39, 0.29) is 30.1 Å². The van der Waals surface area contributed by atoms with Gasteiger partial charge in [-0.15, -0.1) is 0 Å². The number of fused-ring (bicyclic) bond motifs is 1. The van der Waals surface area contributed by atoms with E-state index in [1.165, 1.54) is 12.1 Å². The van der Waals surface area contributed by atoms with Gasteiger partial charge in [0.15, 0.2) is 11.6 Å². The second-order valence-electron chi connectivity index (χ2n) is 11.3. The number of nitrogens with zero attached hydrogens (tertiary/aromatic N) is 1. The molecule has 42 heavy (non-hydrogen) atoms. The predicted octanol–water partition coefficient (Wildman–Crippen LogP) is 8.34. The van der Waals surface area contributed by atoms with Crippen molar-refractivity contribution in [2.45, 2.75) is 83.2 Å². The van der Waals surface area contributed by atoms with Gasteiger partial charge in [-0.3, -0.25) is 0 Å². The van der Waals surface area contributed by atoms with Gasteiger partial charge >= 0.3 is 6.18 Å².